The fourth-order valence-corrected chi connectivity index (χ4v) is 2.75. The first-order valence-electron chi connectivity index (χ1n) is 5.76. The molecule has 94 valence electrons. The maximum Gasteiger partial charge on any atom is 0.226 e. The number of thioether (sulfide) groups is 1. The molecular weight excluding hydrogens is 236 g/mol. The third-order valence-corrected chi connectivity index (χ3v) is 4.07. The van der Waals surface area contributed by atoms with E-state index in [0.29, 0.717) is 12.5 Å². The van der Waals surface area contributed by atoms with Crippen molar-refractivity contribution in [1.82, 2.24) is 15.1 Å². The minimum Gasteiger partial charge on any atom is -0.323 e. The van der Waals surface area contributed by atoms with Crippen molar-refractivity contribution in [2.75, 3.05) is 23.4 Å². The van der Waals surface area contributed by atoms with Gasteiger partial charge in [0.1, 0.15) is 0 Å². The number of nitrogens with one attached hydrogen (secondary N) is 2. The van der Waals surface area contributed by atoms with Crippen LogP contribution in [0.3, 0.4) is 0 Å². The van der Waals surface area contributed by atoms with Crippen molar-refractivity contribution in [3.63, 3.8) is 0 Å². The molecule has 0 spiro atoms. The van der Waals surface area contributed by atoms with Crippen LogP contribution >= 0.6 is 11.8 Å². The molecule has 0 radical (unpaired) electrons. The van der Waals surface area contributed by atoms with E-state index in [1.54, 1.807) is 10.9 Å². The topological polar surface area (TPSA) is 59.0 Å². The summed E-state index contributed by atoms with van der Waals surface area (Å²) in [4.78, 5) is 11.8. The van der Waals surface area contributed by atoms with Crippen molar-refractivity contribution >= 4 is 23.4 Å². The van der Waals surface area contributed by atoms with E-state index >= 15 is 0 Å². The fourth-order valence-electron chi connectivity index (χ4n) is 1.80. The highest BCUT2D eigenvalue weighted by molar-refractivity contribution is 7.99. The third-order valence-electron chi connectivity index (χ3n) is 2.94. The van der Waals surface area contributed by atoms with E-state index < -0.39 is 0 Å². The van der Waals surface area contributed by atoms with Gasteiger partial charge in [0, 0.05) is 37.6 Å². The van der Waals surface area contributed by atoms with Crippen molar-refractivity contribution in [1.29, 1.82) is 0 Å². The van der Waals surface area contributed by atoms with Crippen LogP contribution in [-0.2, 0) is 11.8 Å². The third kappa shape index (κ3) is 3.23. The van der Waals surface area contributed by atoms with Crippen LogP contribution in [0.1, 0.15) is 12.1 Å². The number of rotatable bonds is 3. The second-order valence-corrected chi connectivity index (χ2v) is 5.40. The Balaban J connectivity index is 1.86. The largest absolute Gasteiger partial charge is 0.323 e. The lowest BCUT2D eigenvalue weighted by Gasteiger charge is -2.22. The summed E-state index contributed by atoms with van der Waals surface area (Å²) in [5.41, 5.74) is 1.78. The number of aromatic nitrogens is 2. The van der Waals surface area contributed by atoms with E-state index in [-0.39, 0.29) is 5.91 Å². The van der Waals surface area contributed by atoms with Crippen LogP contribution in [0.15, 0.2) is 6.20 Å². The fraction of sp³-hybridized carbons (Fsp3) is 0.636. The first-order chi connectivity index (χ1) is 8.16. The minimum atomic E-state index is 0.0566. The smallest absolute Gasteiger partial charge is 0.226 e. The first kappa shape index (κ1) is 12.4. The highest BCUT2D eigenvalue weighted by Crippen LogP contribution is 2.14. The molecule has 2 heterocycles. The Morgan fingerprint density at radius 2 is 2.59 bits per heavy atom. The molecule has 2 N–H and O–H groups in total. The molecule has 1 amide bonds. The Morgan fingerprint density at radius 1 is 1.76 bits per heavy atom. The number of hydrogen-bond donors (Lipinski definition) is 2. The van der Waals surface area contributed by atoms with Gasteiger partial charge in [0.2, 0.25) is 5.91 Å². The van der Waals surface area contributed by atoms with Crippen LogP contribution in [0.25, 0.3) is 0 Å². The van der Waals surface area contributed by atoms with Gasteiger partial charge in [-0.3, -0.25) is 9.48 Å². The van der Waals surface area contributed by atoms with Gasteiger partial charge in [0.15, 0.2) is 0 Å². The van der Waals surface area contributed by atoms with E-state index in [1.807, 2.05) is 25.7 Å². The van der Waals surface area contributed by atoms with E-state index in [4.69, 9.17) is 0 Å². The van der Waals surface area contributed by atoms with E-state index in [9.17, 15) is 4.79 Å². The zero-order valence-corrected chi connectivity index (χ0v) is 11.0. The zero-order valence-electron chi connectivity index (χ0n) is 10.2. The SMILES string of the molecule is Cc1c(NC(=O)CC2CSCCN2)cnn1C. The molecule has 0 aromatic carbocycles. The summed E-state index contributed by atoms with van der Waals surface area (Å²) in [7, 11) is 1.87. The summed E-state index contributed by atoms with van der Waals surface area (Å²) in [6, 6.07) is 0.297. The van der Waals surface area contributed by atoms with Gasteiger partial charge in [-0.1, -0.05) is 0 Å². The highest BCUT2D eigenvalue weighted by Gasteiger charge is 2.17. The number of hydrogen-bond acceptors (Lipinski definition) is 4. The number of amides is 1. The molecule has 1 aliphatic heterocycles. The predicted octanol–water partition coefficient (Wildman–Crippen LogP) is 0.762. The lowest BCUT2D eigenvalue weighted by molar-refractivity contribution is -0.116. The van der Waals surface area contributed by atoms with Gasteiger partial charge in [0.25, 0.3) is 0 Å². The Labute approximate surface area is 105 Å². The molecule has 1 saturated heterocycles. The van der Waals surface area contributed by atoms with Gasteiger partial charge < -0.3 is 10.6 Å². The summed E-state index contributed by atoms with van der Waals surface area (Å²) in [5.74, 6) is 2.21. The van der Waals surface area contributed by atoms with Crippen LogP contribution in [0, 0.1) is 6.92 Å². The Morgan fingerprint density at radius 3 is 3.18 bits per heavy atom. The van der Waals surface area contributed by atoms with Crippen molar-refractivity contribution in [2.45, 2.75) is 19.4 Å². The summed E-state index contributed by atoms with van der Waals surface area (Å²) >= 11 is 1.90. The lowest BCUT2D eigenvalue weighted by Crippen LogP contribution is -2.39. The van der Waals surface area contributed by atoms with Gasteiger partial charge in [0.05, 0.1) is 17.6 Å². The van der Waals surface area contributed by atoms with Crippen LogP contribution in [-0.4, -0.2) is 39.8 Å². The highest BCUT2D eigenvalue weighted by atomic mass is 32.2. The van der Waals surface area contributed by atoms with Gasteiger partial charge in [-0.05, 0) is 6.92 Å². The number of nitrogens with zero attached hydrogens (tertiary/aromatic N) is 2. The van der Waals surface area contributed by atoms with Gasteiger partial charge in [-0.15, -0.1) is 0 Å². The molecule has 0 bridgehead atoms. The molecule has 1 aromatic heterocycles. The maximum atomic E-state index is 11.8. The molecule has 0 saturated carbocycles. The molecule has 2 rings (SSSR count). The van der Waals surface area contributed by atoms with Crippen molar-refractivity contribution < 1.29 is 4.79 Å². The first-order valence-corrected chi connectivity index (χ1v) is 6.92. The number of anilines is 1. The summed E-state index contributed by atoms with van der Waals surface area (Å²) in [6.45, 7) is 2.94. The predicted molar refractivity (Wildman–Crippen MR) is 70.3 cm³/mol. The average Bonchev–Trinajstić information content (AvgIpc) is 2.62. The molecule has 0 aliphatic carbocycles. The molecule has 1 unspecified atom stereocenters. The number of carbonyl (C=O) groups is 1. The van der Waals surface area contributed by atoms with Crippen molar-refractivity contribution in [3.8, 4) is 0 Å². The molecule has 1 atom stereocenters. The van der Waals surface area contributed by atoms with Gasteiger partial charge in [-0.25, -0.2) is 0 Å². The molecule has 17 heavy (non-hydrogen) atoms. The Kier molecular flexibility index (Phi) is 4.06. The van der Waals surface area contributed by atoms with Crippen molar-refractivity contribution in [2.24, 2.45) is 7.05 Å². The van der Waals surface area contributed by atoms with E-state index in [1.165, 1.54) is 0 Å². The van der Waals surface area contributed by atoms with Crippen LogP contribution in [0.5, 0.6) is 0 Å². The lowest BCUT2D eigenvalue weighted by atomic mass is 10.2. The second-order valence-electron chi connectivity index (χ2n) is 4.25. The normalized spacial score (nSPS) is 20.2. The maximum absolute atomic E-state index is 11.8. The Bertz CT molecular complexity index is 398. The monoisotopic (exact) mass is 254 g/mol. The summed E-state index contributed by atoms with van der Waals surface area (Å²) in [6.07, 6.45) is 2.22. The van der Waals surface area contributed by atoms with Crippen LogP contribution < -0.4 is 10.6 Å². The Hall–Kier alpha value is -1.01. The summed E-state index contributed by atoms with van der Waals surface area (Å²) in [5, 5.41) is 10.4. The van der Waals surface area contributed by atoms with E-state index in [2.05, 4.69) is 15.7 Å². The molecule has 1 aromatic rings. The quantitative estimate of drug-likeness (QED) is 0.836. The average molecular weight is 254 g/mol. The number of aryl methyl sites for hydroxylation is 1. The summed E-state index contributed by atoms with van der Waals surface area (Å²) < 4.78 is 1.75. The van der Waals surface area contributed by atoms with Gasteiger partial charge in [-0.2, -0.15) is 16.9 Å². The standard InChI is InChI=1S/C11H18N4OS/c1-8-10(6-13-15(8)2)14-11(16)5-9-7-17-4-3-12-9/h6,9,12H,3-5,7H2,1-2H3,(H,14,16). The molecule has 5 nitrogen and oxygen atoms in total. The molecule has 1 aliphatic rings. The van der Waals surface area contributed by atoms with Crippen molar-refractivity contribution in [3.05, 3.63) is 11.9 Å². The zero-order chi connectivity index (χ0) is 12.3. The molecule has 1 fully saturated rings. The van der Waals surface area contributed by atoms with E-state index in [0.717, 1.165) is 29.4 Å². The minimum absolute atomic E-state index is 0.0566. The van der Waals surface area contributed by atoms with Crippen LogP contribution in [0.4, 0.5) is 5.69 Å². The second kappa shape index (κ2) is 5.55. The molecular formula is C11H18N4OS. The van der Waals surface area contributed by atoms with Gasteiger partial charge >= 0.3 is 0 Å². The van der Waals surface area contributed by atoms with Crippen LogP contribution in [0.2, 0.25) is 0 Å². The molecule has 6 heteroatoms. The number of carbonyl (C=O) groups excluding carboxylic acids is 1.